The minimum atomic E-state index is -1.28. The van der Waals surface area contributed by atoms with Crippen LogP contribution in [0.15, 0.2) is 12.2 Å². The van der Waals surface area contributed by atoms with E-state index in [1.54, 1.807) is 0 Å². The zero-order valence-corrected chi connectivity index (χ0v) is 33.4. The Hall–Kier alpha value is -0.950. The largest absolute Gasteiger partial charge is 0.394 e. The van der Waals surface area contributed by atoms with Crippen LogP contribution in [-0.2, 0) is 4.79 Å². The number of allylic oxidation sites excluding steroid dienone is 2. The van der Waals surface area contributed by atoms with E-state index in [-0.39, 0.29) is 0 Å². The molecule has 0 aromatic carbocycles. The molecule has 0 aromatic rings. The van der Waals surface area contributed by atoms with Crippen LogP contribution in [0.3, 0.4) is 0 Å². The molecule has 0 aliphatic rings. The molecule has 6 nitrogen and oxygen atoms in total. The van der Waals surface area contributed by atoms with Crippen molar-refractivity contribution in [2.24, 2.45) is 0 Å². The van der Waals surface area contributed by atoms with E-state index in [0.29, 0.717) is 12.8 Å². The summed E-state index contributed by atoms with van der Waals surface area (Å²) in [5.74, 6) is -0.595. The predicted molar refractivity (Wildman–Crippen MR) is 215 cm³/mol. The van der Waals surface area contributed by atoms with Gasteiger partial charge in [0.05, 0.1) is 18.8 Å². The molecule has 0 bridgehead atoms. The molecule has 1 amide bonds. The molecular weight excluding hydrogens is 622 g/mol. The highest BCUT2D eigenvalue weighted by molar-refractivity contribution is 5.80. The summed E-state index contributed by atoms with van der Waals surface area (Å²) in [6, 6.07) is -0.995. The Balaban J connectivity index is 3.66. The van der Waals surface area contributed by atoms with E-state index in [4.69, 9.17) is 0 Å². The van der Waals surface area contributed by atoms with Gasteiger partial charge < -0.3 is 25.7 Å². The Kier molecular flexibility index (Phi) is 38.5. The molecule has 0 heterocycles. The number of unbranched alkanes of at least 4 members (excludes halogenated alkanes) is 29. The monoisotopic (exact) mass is 710 g/mol. The number of amides is 1. The summed E-state index contributed by atoms with van der Waals surface area (Å²) >= 11 is 0. The van der Waals surface area contributed by atoms with Gasteiger partial charge in [0, 0.05) is 0 Å². The van der Waals surface area contributed by atoms with Gasteiger partial charge in [0.2, 0.25) is 5.91 Å². The average Bonchev–Trinajstić information content (AvgIpc) is 3.12. The van der Waals surface area contributed by atoms with Gasteiger partial charge in [-0.05, 0) is 38.5 Å². The smallest absolute Gasteiger partial charge is 0.249 e. The second-order valence-corrected chi connectivity index (χ2v) is 15.4. The fraction of sp³-hybridized carbons (Fsp3) is 0.932. The van der Waals surface area contributed by atoms with E-state index in [1.807, 2.05) is 0 Å². The molecule has 0 rings (SSSR count). The molecule has 0 aliphatic carbocycles. The third kappa shape index (κ3) is 32.9. The molecule has 50 heavy (non-hydrogen) atoms. The molecule has 0 aromatic heterocycles. The zero-order valence-electron chi connectivity index (χ0n) is 33.4. The number of rotatable bonds is 40. The topological polar surface area (TPSA) is 110 Å². The van der Waals surface area contributed by atoms with E-state index < -0.39 is 36.9 Å². The van der Waals surface area contributed by atoms with E-state index in [9.17, 15) is 25.2 Å². The van der Waals surface area contributed by atoms with E-state index >= 15 is 0 Å². The van der Waals surface area contributed by atoms with Crippen molar-refractivity contribution in [2.75, 3.05) is 6.61 Å². The molecule has 0 saturated heterocycles. The molecule has 6 heteroatoms. The maximum absolute atomic E-state index is 12.4. The molecule has 5 N–H and O–H groups in total. The Morgan fingerprint density at radius 2 is 0.820 bits per heavy atom. The quantitative estimate of drug-likeness (QED) is 0.0321. The second kappa shape index (κ2) is 39.3. The number of aliphatic hydroxyl groups excluding tert-OH is 4. The summed E-state index contributed by atoms with van der Waals surface area (Å²) in [5.41, 5.74) is 0. The lowest BCUT2D eigenvalue weighted by molar-refractivity contribution is -0.132. The first-order chi connectivity index (χ1) is 24.5. The third-order valence-electron chi connectivity index (χ3n) is 10.5. The van der Waals surface area contributed by atoms with Gasteiger partial charge in [-0.3, -0.25) is 4.79 Å². The van der Waals surface area contributed by atoms with Crippen LogP contribution >= 0.6 is 0 Å². The molecule has 298 valence electrons. The number of aliphatic hydroxyl groups is 4. The number of carbonyl (C=O) groups excluding carboxylic acids is 1. The van der Waals surface area contributed by atoms with E-state index in [2.05, 4.69) is 31.3 Å². The van der Waals surface area contributed by atoms with Crippen molar-refractivity contribution in [1.82, 2.24) is 5.32 Å². The molecule has 0 spiro atoms. The summed E-state index contributed by atoms with van der Waals surface area (Å²) in [6.45, 7) is 4.01. The lowest BCUT2D eigenvalue weighted by atomic mass is 10.00. The number of hydrogen-bond acceptors (Lipinski definition) is 5. The van der Waals surface area contributed by atoms with Gasteiger partial charge in [-0.1, -0.05) is 206 Å². The van der Waals surface area contributed by atoms with Gasteiger partial charge in [-0.15, -0.1) is 0 Å². The van der Waals surface area contributed by atoms with E-state index in [0.717, 1.165) is 38.5 Å². The highest BCUT2D eigenvalue weighted by Gasteiger charge is 2.28. The van der Waals surface area contributed by atoms with Crippen molar-refractivity contribution < 1.29 is 25.2 Å². The number of hydrogen-bond donors (Lipinski definition) is 5. The van der Waals surface area contributed by atoms with Crippen LogP contribution in [0.1, 0.15) is 232 Å². The second-order valence-electron chi connectivity index (χ2n) is 15.4. The van der Waals surface area contributed by atoms with Crippen molar-refractivity contribution in [2.45, 2.75) is 257 Å². The fourth-order valence-electron chi connectivity index (χ4n) is 6.93. The van der Waals surface area contributed by atoms with E-state index in [1.165, 1.54) is 167 Å². The van der Waals surface area contributed by atoms with Crippen LogP contribution in [0, 0.1) is 0 Å². The van der Waals surface area contributed by atoms with Crippen molar-refractivity contribution in [1.29, 1.82) is 0 Å². The lowest BCUT2D eigenvalue weighted by Crippen LogP contribution is -2.53. The molecule has 4 atom stereocenters. The van der Waals surface area contributed by atoms with Crippen molar-refractivity contribution in [3.05, 3.63) is 12.2 Å². The molecule has 0 saturated carbocycles. The average molecular weight is 710 g/mol. The maximum Gasteiger partial charge on any atom is 0.249 e. The first kappa shape index (κ1) is 49.0. The Morgan fingerprint density at radius 3 is 1.20 bits per heavy atom. The molecule has 4 unspecified atom stereocenters. The lowest BCUT2D eigenvalue weighted by Gasteiger charge is -2.27. The Labute approximate surface area is 311 Å². The molecular formula is C44H87NO5. The maximum atomic E-state index is 12.4. The van der Waals surface area contributed by atoms with Crippen molar-refractivity contribution in [3.63, 3.8) is 0 Å². The highest BCUT2D eigenvalue weighted by Crippen LogP contribution is 2.16. The van der Waals surface area contributed by atoms with Crippen LogP contribution in [0.2, 0.25) is 0 Å². The van der Waals surface area contributed by atoms with Crippen molar-refractivity contribution >= 4 is 5.91 Å². The Morgan fingerprint density at radius 1 is 0.480 bits per heavy atom. The fourth-order valence-corrected chi connectivity index (χ4v) is 6.93. The van der Waals surface area contributed by atoms with Crippen LogP contribution in [0.25, 0.3) is 0 Å². The number of carbonyl (C=O) groups is 1. The minimum absolute atomic E-state index is 0.365. The van der Waals surface area contributed by atoms with Crippen LogP contribution in [0.5, 0.6) is 0 Å². The van der Waals surface area contributed by atoms with Gasteiger partial charge in [-0.25, -0.2) is 0 Å². The Bertz CT molecular complexity index is 717. The predicted octanol–water partition coefficient (Wildman–Crippen LogP) is 11.4. The molecule has 0 aliphatic heterocycles. The van der Waals surface area contributed by atoms with Gasteiger partial charge in [0.1, 0.15) is 12.2 Å². The third-order valence-corrected chi connectivity index (χ3v) is 10.5. The molecule has 0 fully saturated rings. The van der Waals surface area contributed by atoms with Gasteiger partial charge >= 0.3 is 0 Å². The highest BCUT2D eigenvalue weighted by atomic mass is 16.3. The van der Waals surface area contributed by atoms with Gasteiger partial charge in [0.25, 0.3) is 0 Å². The van der Waals surface area contributed by atoms with Crippen LogP contribution in [-0.4, -0.2) is 57.3 Å². The molecule has 0 radical (unpaired) electrons. The summed E-state index contributed by atoms with van der Waals surface area (Å²) < 4.78 is 0. The minimum Gasteiger partial charge on any atom is -0.394 e. The first-order valence-corrected chi connectivity index (χ1v) is 22.1. The van der Waals surface area contributed by atoms with Crippen LogP contribution < -0.4 is 5.32 Å². The normalized spacial score (nSPS) is 14.3. The SMILES string of the molecule is CCCCCCCCCCCCCCCCCCCCCC/C=C/CCCC(O)C(O)C(CO)NC(=O)C(O)CCCCCCCCCCC. The summed E-state index contributed by atoms with van der Waals surface area (Å²) in [7, 11) is 0. The summed E-state index contributed by atoms with van der Waals surface area (Å²) in [6.07, 6.45) is 42.7. The summed E-state index contributed by atoms with van der Waals surface area (Å²) in [4.78, 5) is 12.4. The van der Waals surface area contributed by atoms with Gasteiger partial charge in [-0.2, -0.15) is 0 Å². The number of nitrogens with one attached hydrogen (secondary N) is 1. The van der Waals surface area contributed by atoms with Crippen LogP contribution in [0.4, 0.5) is 0 Å². The zero-order chi connectivity index (χ0) is 36.8. The first-order valence-electron chi connectivity index (χ1n) is 22.1. The van der Waals surface area contributed by atoms with Crippen molar-refractivity contribution in [3.8, 4) is 0 Å². The van der Waals surface area contributed by atoms with Gasteiger partial charge in [0.15, 0.2) is 0 Å². The standard InChI is InChI=1S/C44H87NO5/c1-3-5-7-9-11-13-14-15-16-17-18-19-20-21-22-23-24-25-26-27-28-30-31-33-35-37-41(47)43(49)40(39-46)45-44(50)42(48)38-36-34-32-29-12-10-8-6-4-2/h30-31,40-43,46-49H,3-29,32-39H2,1-2H3,(H,45,50)/b31-30+. The summed E-state index contributed by atoms with van der Waals surface area (Å²) in [5, 5.41) is 43.5.